The van der Waals surface area contributed by atoms with E-state index in [0.29, 0.717) is 57.9 Å². The molecule has 4 aromatic rings. The first-order chi connectivity index (χ1) is 34.2. The minimum Gasteiger partial charge on any atom is -0.550 e. The summed E-state index contributed by atoms with van der Waals surface area (Å²) in [4.78, 5) is 79.3. The van der Waals surface area contributed by atoms with Crippen molar-refractivity contribution >= 4 is 75.2 Å². The summed E-state index contributed by atoms with van der Waals surface area (Å²) in [6.45, 7) is 27.4. The Kier molecular flexibility index (Phi) is 20.8. The van der Waals surface area contributed by atoms with Crippen LogP contribution >= 0.6 is 0 Å². The number of rotatable bonds is 21. The second kappa shape index (κ2) is 26.5. The van der Waals surface area contributed by atoms with Crippen LogP contribution in [0.4, 0.5) is 45.5 Å². The molecule has 3 aliphatic rings. The number of aliphatic carboxylic acids is 1. The molecule has 0 N–H and O–H groups in total. The molecule has 0 unspecified atom stereocenters. The zero-order chi connectivity index (χ0) is 51.4. The molecule has 1 fully saturated rings. The number of carboxylic acids is 1. The first kappa shape index (κ1) is 56.7. The third-order valence-corrected chi connectivity index (χ3v) is 13.1. The Balaban J connectivity index is 0.000000269. The number of hydrogen-bond acceptors (Lipinski definition) is 13. The Bertz CT molecular complexity index is 2440. The molecule has 72 heavy (non-hydrogen) atoms. The van der Waals surface area contributed by atoms with E-state index in [4.69, 9.17) is 14.3 Å². The topological polar surface area (TPSA) is 159 Å². The van der Waals surface area contributed by atoms with Crippen LogP contribution in [0.15, 0.2) is 85.1 Å². The molecular formula is C55H70N7NaO9. The maximum atomic E-state index is 13.6. The van der Waals surface area contributed by atoms with Crippen LogP contribution in [0, 0.1) is 0 Å². The van der Waals surface area contributed by atoms with Crippen molar-refractivity contribution in [3.05, 3.63) is 85.1 Å². The normalized spacial score (nSPS) is 12.9. The number of carbonyl (C=O) groups excluding carboxylic acids is 5. The van der Waals surface area contributed by atoms with Gasteiger partial charge >= 0.3 is 35.5 Å². The summed E-state index contributed by atoms with van der Waals surface area (Å²) in [7, 11) is 0. The number of ether oxygens (including phenoxy) is 2. The molecule has 0 saturated carbocycles. The van der Waals surface area contributed by atoms with Gasteiger partial charge in [0.25, 0.3) is 5.91 Å². The molecular weight excluding hydrogens is 926 g/mol. The first-order valence-electron chi connectivity index (χ1n) is 25.2. The van der Waals surface area contributed by atoms with Gasteiger partial charge in [0.1, 0.15) is 0 Å². The summed E-state index contributed by atoms with van der Waals surface area (Å²) in [5.74, 6) is 0.162. The van der Waals surface area contributed by atoms with Crippen LogP contribution in [0.2, 0.25) is 0 Å². The second-order valence-electron chi connectivity index (χ2n) is 17.3. The second-order valence-corrected chi connectivity index (χ2v) is 17.3. The largest absolute Gasteiger partial charge is 1.00 e. The molecule has 0 aliphatic carbocycles. The van der Waals surface area contributed by atoms with E-state index < -0.39 is 11.9 Å². The van der Waals surface area contributed by atoms with Crippen molar-refractivity contribution in [3.8, 4) is 23.0 Å². The molecule has 3 heterocycles. The zero-order valence-electron chi connectivity index (χ0n) is 43.8. The zero-order valence-corrected chi connectivity index (χ0v) is 45.8. The van der Waals surface area contributed by atoms with Crippen LogP contribution in [-0.4, -0.2) is 87.1 Å². The molecule has 17 heteroatoms. The molecule has 0 bridgehead atoms. The van der Waals surface area contributed by atoms with E-state index >= 15 is 0 Å². The van der Waals surface area contributed by atoms with Gasteiger partial charge < -0.3 is 43.8 Å². The molecule has 16 nitrogen and oxygen atoms in total. The Morgan fingerprint density at radius 2 is 0.847 bits per heavy atom. The number of fused-ring (bicyclic) bond motifs is 4. The average molecular weight is 996 g/mol. The number of hydrogen-bond donors (Lipinski definition) is 0. The van der Waals surface area contributed by atoms with E-state index in [-0.39, 0.29) is 92.2 Å². The van der Waals surface area contributed by atoms with Gasteiger partial charge in [0, 0.05) is 131 Å². The first-order valence-corrected chi connectivity index (χ1v) is 25.2. The Hall–Kier alpha value is -6.23. The van der Waals surface area contributed by atoms with Gasteiger partial charge in [-0.1, -0.05) is 6.58 Å². The van der Waals surface area contributed by atoms with Gasteiger partial charge in [0.2, 0.25) is 11.8 Å². The van der Waals surface area contributed by atoms with Gasteiger partial charge in [-0.05, 0) is 130 Å². The standard InChI is InChI=1S/C30H38N4O5.C25H33N3O4.Na/c1-6-31(7-2)22-14-16-24-26(19-22)38-27-20-23(32(8-3)9-4)15-17-25(27)33(24)28(35)11-10-12-30(37)39-34-21(5)13-18-29(34)36;1-5-26(6-2)18-12-14-20-22(16-18)32-23-17-19(27(7-3)8-4)13-15-21(23)28(20)24(29)10-9-11-25(30)31;/h14-17,19-20H,5-13,18H2,1-4H3;12-17H,5-11H2,1-4H3,(H,30,31);/q;;+1/p-1. The number of nitrogens with zero attached hydrogens (tertiary/aromatic N) is 7. The van der Waals surface area contributed by atoms with Gasteiger partial charge in [0.15, 0.2) is 23.0 Å². The smallest absolute Gasteiger partial charge is 0.550 e. The van der Waals surface area contributed by atoms with Gasteiger partial charge in [-0.2, -0.15) is 0 Å². The van der Waals surface area contributed by atoms with Crippen molar-refractivity contribution in [3.63, 3.8) is 0 Å². The van der Waals surface area contributed by atoms with Crippen molar-refractivity contribution in [1.29, 1.82) is 0 Å². The predicted octanol–water partition coefficient (Wildman–Crippen LogP) is 6.99. The van der Waals surface area contributed by atoms with E-state index in [1.165, 1.54) is 0 Å². The average Bonchev–Trinajstić information content (AvgIpc) is 3.68. The Labute approximate surface area is 447 Å². The van der Waals surface area contributed by atoms with E-state index in [1.807, 2.05) is 72.8 Å². The minimum absolute atomic E-state index is 0. The third-order valence-electron chi connectivity index (χ3n) is 13.1. The molecule has 3 aliphatic heterocycles. The summed E-state index contributed by atoms with van der Waals surface area (Å²) >= 11 is 0. The monoisotopic (exact) mass is 996 g/mol. The quantitative estimate of drug-likeness (QED) is 0.0788. The Morgan fingerprint density at radius 3 is 1.12 bits per heavy atom. The number of hydroxylamine groups is 2. The molecule has 0 atom stereocenters. The summed E-state index contributed by atoms with van der Waals surface area (Å²) in [6.07, 6.45) is 1.38. The fraction of sp³-hybridized carbons (Fsp3) is 0.436. The van der Waals surface area contributed by atoms with Crippen molar-refractivity contribution in [2.24, 2.45) is 0 Å². The van der Waals surface area contributed by atoms with Crippen molar-refractivity contribution in [2.45, 2.75) is 107 Å². The molecule has 0 radical (unpaired) electrons. The SMILES string of the molecule is C=C1CCC(=O)N1OC(=O)CCCC(=O)N1c2ccc(N(CC)CC)cc2Oc2cc(N(CC)CC)ccc21.CCN(CC)c1ccc2c(c1)Oc1cc(N(CC)CC)ccc1N2C(=O)CCCC(=O)[O-].[Na+]. The molecule has 1 saturated heterocycles. The fourth-order valence-corrected chi connectivity index (χ4v) is 9.14. The van der Waals surface area contributed by atoms with E-state index in [2.05, 4.69) is 81.6 Å². The fourth-order valence-electron chi connectivity index (χ4n) is 9.14. The summed E-state index contributed by atoms with van der Waals surface area (Å²) in [5.41, 5.74) is 7.25. The third kappa shape index (κ3) is 13.0. The van der Waals surface area contributed by atoms with Crippen LogP contribution in [-0.2, 0) is 28.8 Å². The van der Waals surface area contributed by atoms with Crippen LogP contribution in [0.5, 0.6) is 23.0 Å². The predicted molar refractivity (Wildman–Crippen MR) is 278 cm³/mol. The maximum Gasteiger partial charge on any atom is 1.00 e. The van der Waals surface area contributed by atoms with Crippen molar-refractivity contribution in [1.82, 2.24) is 5.06 Å². The number of carboxylic acid groups (broad SMARTS) is 1. The summed E-state index contributed by atoms with van der Waals surface area (Å²) < 4.78 is 12.7. The van der Waals surface area contributed by atoms with Crippen molar-refractivity contribution in [2.75, 3.05) is 81.8 Å². The maximum absolute atomic E-state index is 13.6. The number of anilines is 8. The Morgan fingerprint density at radius 1 is 0.528 bits per heavy atom. The van der Waals surface area contributed by atoms with Crippen LogP contribution in [0.1, 0.15) is 107 Å². The van der Waals surface area contributed by atoms with Gasteiger partial charge in [-0.3, -0.25) is 24.2 Å². The van der Waals surface area contributed by atoms with Gasteiger partial charge in [-0.25, -0.2) is 4.79 Å². The van der Waals surface area contributed by atoms with E-state index in [1.54, 1.807) is 9.80 Å². The minimum atomic E-state index is -1.15. The molecule has 380 valence electrons. The number of benzene rings is 4. The molecule has 0 aromatic heterocycles. The molecule has 0 spiro atoms. The van der Waals surface area contributed by atoms with Gasteiger partial charge in [0.05, 0.1) is 28.4 Å². The van der Waals surface area contributed by atoms with Gasteiger partial charge in [-0.15, -0.1) is 5.06 Å². The summed E-state index contributed by atoms with van der Waals surface area (Å²) in [6, 6.07) is 23.5. The molecule has 3 amide bonds. The summed E-state index contributed by atoms with van der Waals surface area (Å²) in [5, 5.41) is 11.8. The van der Waals surface area contributed by atoms with Crippen molar-refractivity contribution < 1.29 is 72.9 Å². The number of amides is 3. The van der Waals surface area contributed by atoms with Crippen LogP contribution in [0.25, 0.3) is 0 Å². The van der Waals surface area contributed by atoms with E-state index in [0.717, 1.165) is 80.2 Å². The van der Waals surface area contributed by atoms with E-state index in [9.17, 15) is 29.1 Å². The number of carbonyl (C=O) groups is 5. The number of allylic oxidation sites excluding steroid dienone is 1. The molecule has 4 aromatic carbocycles. The van der Waals surface area contributed by atoms with Crippen LogP contribution in [0.3, 0.4) is 0 Å². The molecule has 7 rings (SSSR count). The van der Waals surface area contributed by atoms with Crippen LogP contribution < -0.4 is 73.5 Å².